The van der Waals surface area contributed by atoms with Crippen molar-refractivity contribution < 1.29 is 43.5 Å². The SMILES string of the molecule is CSC(C)(C)C(N)C(C)=O.CSC[C@H](N)C(C)=O.CSC[C@H](NC(=O)CC[C@H](N)C(=O)O)C(=O)NCC(C)=O.CSC[C@H](NC(C)=O)C(C)=O. The third kappa shape index (κ3) is 31.8. The van der Waals surface area contributed by atoms with Gasteiger partial charge in [-0.1, -0.05) is 0 Å². The number of rotatable bonds is 20. The Hall–Kier alpha value is -2.16. The molecule has 19 heteroatoms. The molecule has 0 heterocycles. The number of carbonyl (C=O) groups excluding carboxylic acids is 7. The summed E-state index contributed by atoms with van der Waals surface area (Å²) in [5.74, 6) is -0.565. The van der Waals surface area contributed by atoms with E-state index in [0.717, 1.165) is 5.75 Å². The van der Waals surface area contributed by atoms with E-state index in [2.05, 4.69) is 16.0 Å². The third-order valence-electron chi connectivity index (χ3n) is 6.28. The molecule has 0 aliphatic rings. The average molecular weight is 789 g/mol. The highest BCUT2D eigenvalue weighted by Crippen LogP contribution is 2.24. The van der Waals surface area contributed by atoms with Crippen LogP contribution in [-0.4, -0.2) is 136 Å². The van der Waals surface area contributed by atoms with Gasteiger partial charge >= 0.3 is 5.97 Å². The van der Waals surface area contributed by atoms with E-state index >= 15 is 0 Å². The van der Waals surface area contributed by atoms with Crippen LogP contribution in [0.5, 0.6) is 0 Å². The highest BCUT2D eigenvalue weighted by molar-refractivity contribution is 8.00. The Morgan fingerprint density at radius 2 is 1.16 bits per heavy atom. The number of carbonyl (C=O) groups is 8. The van der Waals surface area contributed by atoms with Gasteiger partial charge in [-0.25, -0.2) is 0 Å². The van der Waals surface area contributed by atoms with Gasteiger partial charge in [0.25, 0.3) is 0 Å². The number of thioether (sulfide) groups is 4. The van der Waals surface area contributed by atoms with Crippen LogP contribution >= 0.6 is 47.0 Å². The molecule has 0 bridgehead atoms. The standard InChI is InChI=1S/C12H21N3O5S.C7H13NO2S.C7H15NOS.C5H11NOS/c1-7(16)5-14-11(18)9(6-21-2)15-10(17)4-3-8(13)12(19)20;1-5(9)7(4-11-3)8-6(2)10;1-5(9)6(8)7(2,3)10-4;1-4(7)5(6)3-8-2/h8-9H,3-6,13H2,1-2H3,(H,14,18)(H,15,17)(H,19,20);7H,4H2,1-3H3,(H,8,10);6H,8H2,1-4H3;5H,3,6H2,1-2H3/t8-,9-;7-;;5-/m00.0/s1. The fourth-order valence-corrected chi connectivity index (χ4v) is 5.18. The number of carboxylic acid groups (broad SMARTS) is 1. The summed E-state index contributed by atoms with van der Waals surface area (Å²) in [6, 6.07) is -2.80. The molecule has 15 nitrogen and oxygen atoms in total. The molecule has 0 spiro atoms. The number of amides is 3. The molecule has 10 N–H and O–H groups in total. The van der Waals surface area contributed by atoms with Crippen molar-refractivity contribution in [3.8, 4) is 0 Å². The third-order valence-corrected chi connectivity index (χ3v) is 9.61. The molecule has 0 aliphatic heterocycles. The highest BCUT2D eigenvalue weighted by atomic mass is 32.2. The molecule has 0 saturated carbocycles. The lowest BCUT2D eigenvalue weighted by atomic mass is 10.0. The van der Waals surface area contributed by atoms with Gasteiger partial charge < -0.3 is 38.3 Å². The molecule has 0 aromatic heterocycles. The number of hydrogen-bond donors (Lipinski definition) is 7. The molecule has 5 atom stereocenters. The maximum atomic E-state index is 11.8. The molecule has 0 aromatic rings. The lowest BCUT2D eigenvalue weighted by molar-refractivity contribution is -0.139. The van der Waals surface area contributed by atoms with Crippen molar-refractivity contribution >= 4 is 93.9 Å². The van der Waals surface area contributed by atoms with E-state index in [-0.39, 0.29) is 71.3 Å². The Bertz CT molecular complexity index is 1080. The molecule has 0 rings (SSSR count). The maximum Gasteiger partial charge on any atom is 0.320 e. The minimum atomic E-state index is -1.18. The van der Waals surface area contributed by atoms with Crippen molar-refractivity contribution in [1.82, 2.24) is 16.0 Å². The van der Waals surface area contributed by atoms with Crippen LogP contribution in [0.4, 0.5) is 0 Å². The van der Waals surface area contributed by atoms with Crippen LogP contribution in [0, 0.1) is 0 Å². The summed E-state index contributed by atoms with van der Waals surface area (Å²) in [6.07, 6.45) is 7.47. The van der Waals surface area contributed by atoms with E-state index in [9.17, 15) is 38.4 Å². The summed E-state index contributed by atoms with van der Waals surface area (Å²) in [7, 11) is 0. The summed E-state index contributed by atoms with van der Waals surface area (Å²) in [4.78, 5) is 87.5. The summed E-state index contributed by atoms with van der Waals surface area (Å²) in [6.45, 7) is 11.1. The van der Waals surface area contributed by atoms with Crippen molar-refractivity contribution in [3.05, 3.63) is 0 Å². The number of carboxylic acids is 1. The van der Waals surface area contributed by atoms with Crippen molar-refractivity contribution in [3.63, 3.8) is 0 Å². The first-order chi connectivity index (χ1) is 22.9. The van der Waals surface area contributed by atoms with Gasteiger partial charge in [0.15, 0.2) is 5.78 Å². The number of ketones is 4. The second-order valence-electron chi connectivity index (χ2n) is 11.4. The van der Waals surface area contributed by atoms with Crippen LogP contribution in [0.15, 0.2) is 0 Å². The number of Topliss-reactive ketones (excluding diaryl/α,β-unsaturated/α-hetero) is 4. The van der Waals surface area contributed by atoms with Crippen LogP contribution in [0.3, 0.4) is 0 Å². The van der Waals surface area contributed by atoms with Gasteiger partial charge in [-0.05, 0) is 73.0 Å². The zero-order chi connectivity index (χ0) is 40.2. The Balaban J connectivity index is -0.000000308. The Labute approximate surface area is 314 Å². The van der Waals surface area contributed by atoms with Crippen molar-refractivity contribution in [2.45, 2.75) is 96.3 Å². The summed E-state index contributed by atoms with van der Waals surface area (Å²) >= 11 is 6.12. The number of nitrogens with one attached hydrogen (secondary N) is 3. The Morgan fingerprint density at radius 1 is 0.680 bits per heavy atom. The van der Waals surface area contributed by atoms with Gasteiger partial charge in [-0.3, -0.25) is 38.4 Å². The van der Waals surface area contributed by atoms with Gasteiger partial charge in [0, 0.05) is 35.4 Å². The van der Waals surface area contributed by atoms with Crippen molar-refractivity contribution in [2.75, 3.05) is 48.8 Å². The first kappa shape index (κ1) is 54.6. The fourth-order valence-electron chi connectivity index (χ4n) is 2.95. The predicted octanol–water partition coefficient (Wildman–Crippen LogP) is 0.485. The molecule has 0 aliphatic carbocycles. The molecule has 0 aromatic carbocycles. The summed E-state index contributed by atoms with van der Waals surface area (Å²) in [5, 5.41) is 16.1. The molecule has 292 valence electrons. The minimum Gasteiger partial charge on any atom is -0.480 e. The number of nitrogens with two attached hydrogens (primary N) is 3. The van der Waals surface area contributed by atoms with Gasteiger partial charge in [0.05, 0.1) is 24.7 Å². The second kappa shape index (κ2) is 31.6. The summed E-state index contributed by atoms with van der Waals surface area (Å²) < 4.78 is -0.133. The van der Waals surface area contributed by atoms with Gasteiger partial charge in [-0.2, -0.15) is 47.0 Å². The smallest absolute Gasteiger partial charge is 0.320 e. The van der Waals surface area contributed by atoms with Crippen LogP contribution in [0.2, 0.25) is 0 Å². The maximum absolute atomic E-state index is 11.8. The fraction of sp³-hybridized carbons (Fsp3) is 0.742. The number of aliphatic carboxylic acids is 1. The topological polar surface area (TPSA) is 271 Å². The van der Waals surface area contributed by atoms with Gasteiger partial charge in [0.1, 0.15) is 29.4 Å². The Morgan fingerprint density at radius 3 is 1.46 bits per heavy atom. The van der Waals surface area contributed by atoms with Crippen LogP contribution in [0.1, 0.15) is 61.3 Å². The molecule has 1 unspecified atom stereocenters. The molecule has 50 heavy (non-hydrogen) atoms. The predicted molar refractivity (Wildman–Crippen MR) is 209 cm³/mol. The minimum absolute atomic E-state index is 0.00884. The van der Waals surface area contributed by atoms with Crippen LogP contribution < -0.4 is 33.2 Å². The zero-order valence-electron chi connectivity index (χ0n) is 31.2. The normalized spacial score (nSPS) is 13.3. The van der Waals surface area contributed by atoms with Crippen LogP contribution in [-0.2, 0) is 38.4 Å². The van der Waals surface area contributed by atoms with Crippen molar-refractivity contribution in [1.29, 1.82) is 0 Å². The molecule has 0 saturated heterocycles. The number of hydrogen-bond acceptors (Lipinski definition) is 15. The quantitative estimate of drug-likeness (QED) is 0.0884. The van der Waals surface area contributed by atoms with E-state index in [1.165, 1.54) is 46.4 Å². The largest absolute Gasteiger partial charge is 0.480 e. The molecular formula is C31H60N6O9S4. The van der Waals surface area contributed by atoms with Crippen molar-refractivity contribution in [2.24, 2.45) is 17.2 Å². The molecular weight excluding hydrogens is 729 g/mol. The van der Waals surface area contributed by atoms with Gasteiger partial charge in [0.2, 0.25) is 17.7 Å². The molecule has 3 amide bonds. The molecule has 0 radical (unpaired) electrons. The zero-order valence-corrected chi connectivity index (χ0v) is 34.5. The van der Waals surface area contributed by atoms with E-state index in [0.29, 0.717) is 11.5 Å². The first-order valence-corrected chi connectivity index (χ1v) is 20.7. The average Bonchev–Trinajstić information content (AvgIpc) is 3.02. The summed E-state index contributed by atoms with van der Waals surface area (Å²) in [5.41, 5.74) is 16.3. The van der Waals surface area contributed by atoms with E-state index in [1.54, 1.807) is 41.5 Å². The first-order valence-electron chi connectivity index (χ1n) is 15.3. The second-order valence-corrected chi connectivity index (χ2v) is 15.6. The van der Waals surface area contributed by atoms with E-state index in [4.69, 9.17) is 22.3 Å². The lowest BCUT2D eigenvalue weighted by Crippen LogP contribution is -2.49. The van der Waals surface area contributed by atoms with Crippen LogP contribution in [0.25, 0.3) is 0 Å². The highest BCUT2D eigenvalue weighted by Gasteiger charge is 2.28. The van der Waals surface area contributed by atoms with E-state index in [1.807, 2.05) is 32.6 Å². The lowest BCUT2D eigenvalue weighted by Gasteiger charge is -2.27. The van der Waals surface area contributed by atoms with E-state index < -0.39 is 29.9 Å². The van der Waals surface area contributed by atoms with Gasteiger partial charge in [-0.15, -0.1) is 0 Å². The molecule has 0 fully saturated rings. The monoisotopic (exact) mass is 788 g/mol. The Kier molecular flexibility index (Phi) is 34.5.